The predicted octanol–water partition coefficient (Wildman–Crippen LogP) is 4.81. The third kappa shape index (κ3) is 4.57. The van der Waals surface area contributed by atoms with Gasteiger partial charge in [-0.3, -0.25) is 4.79 Å². The van der Waals surface area contributed by atoms with E-state index >= 15 is 0 Å². The standard InChI is InChI=1S/C10H4Cl6N2O2S2/c11-9(12,13)21-17-6-4-2-1-3-5(6)7(19)18(8(17)20)22-10(14,15)16/h1-4H. The van der Waals surface area contributed by atoms with Crippen LogP contribution in [-0.4, -0.2) is 14.2 Å². The van der Waals surface area contributed by atoms with Gasteiger partial charge in [-0.05, 0) is 12.1 Å². The molecule has 0 N–H and O–H groups in total. The molecule has 0 amide bonds. The van der Waals surface area contributed by atoms with Gasteiger partial charge in [0.25, 0.3) is 11.8 Å². The molecule has 0 aliphatic heterocycles. The van der Waals surface area contributed by atoms with Crippen LogP contribution in [0.1, 0.15) is 0 Å². The molecule has 0 fully saturated rings. The van der Waals surface area contributed by atoms with Gasteiger partial charge in [-0.25, -0.2) is 8.77 Å². The van der Waals surface area contributed by atoms with E-state index in [1.54, 1.807) is 18.2 Å². The number of nitrogens with zero attached hydrogens (tertiary/aromatic N) is 2. The summed E-state index contributed by atoms with van der Waals surface area (Å²) >= 11 is 35.2. The molecule has 2 aromatic rings. The maximum Gasteiger partial charge on any atom is 0.352 e. The number of hydrogen-bond acceptors (Lipinski definition) is 4. The molecule has 0 saturated carbocycles. The second-order valence-electron chi connectivity index (χ2n) is 3.77. The Morgan fingerprint density at radius 3 is 1.86 bits per heavy atom. The lowest BCUT2D eigenvalue weighted by atomic mass is 10.2. The van der Waals surface area contributed by atoms with Gasteiger partial charge in [0.05, 0.1) is 10.9 Å². The average molecular weight is 461 g/mol. The van der Waals surface area contributed by atoms with Crippen molar-refractivity contribution in [1.82, 2.24) is 7.94 Å². The van der Waals surface area contributed by atoms with Gasteiger partial charge in [0, 0.05) is 23.9 Å². The van der Waals surface area contributed by atoms with Crippen molar-refractivity contribution in [2.75, 3.05) is 0 Å². The molecular formula is C10H4Cl6N2O2S2. The van der Waals surface area contributed by atoms with Crippen molar-refractivity contribution in [3.63, 3.8) is 0 Å². The number of benzene rings is 1. The van der Waals surface area contributed by atoms with Gasteiger partial charge >= 0.3 is 5.69 Å². The molecule has 4 nitrogen and oxygen atoms in total. The SMILES string of the molecule is O=c1c2ccccc2n(SC(Cl)(Cl)Cl)c(=O)n1SC(Cl)(Cl)Cl. The van der Waals surface area contributed by atoms with Crippen molar-refractivity contribution in [3.05, 3.63) is 45.1 Å². The molecule has 0 saturated heterocycles. The molecule has 1 heterocycles. The molecule has 0 spiro atoms. The first-order chi connectivity index (χ1) is 9.99. The fourth-order valence-electron chi connectivity index (χ4n) is 1.59. The zero-order valence-corrected chi connectivity index (χ0v) is 16.3. The van der Waals surface area contributed by atoms with Crippen LogP contribution in [0, 0.1) is 0 Å². The third-order valence-electron chi connectivity index (χ3n) is 2.27. The smallest absolute Gasteiger partial charge is 0.267 e. The molecule has 2 rings (SSSR count). The maximum absolute atomic E-state index is 12.5. The number of alkyl halides is 6. The Bertz CT molecular complexity index is 823. The van der Waals surface area contributed by atoms with Gasteiger partial charge in [-0.2, -0.15) is 3.97 Å². The Balaban J connectivity index is 2.82. The lowest BCUT2D eigenvalue weighted by molar-refractivity contribution is 0.980. The first kappa shape index (κ1) is 18.9. The van der Waals surface area contributed by atoms with Crippen LogP contribution in [0.3, 0.4) is 0 Å². The van der Waals surface area contributed by atoms with E-state index in [2.05, 4.69) is 0 Å². The second kappa shape index (κ2) is 6.84. The second-order valence-corrected chi connectivity index (χ2v) is 12.0. The van der Waals surface area contributed by atoms with Crippen LogP contribution in [0.5, 0.6) is 0 Å². The predicted molar refractivity (Wildman–Crippen MR) is 99.0 cm³/mol. The molecule has 0 aliphatic carbocycles. The van der Waals surface area contributed by atoms with Gasteiger partial charge in [0.2, 0.25) is 0 Å². The normalized spacial score (nSPS) is 12.8. The Kier molecular flexibility index (Phi) is 5.89. The number of aromatic nitrogens is 2. The summed E-state index contributed by atoms with van der Waals surface area (Å²) in [5.41, 5.74) is -1.13. The molecular weight excluding hydrogens is 457 g/mol. The molecule has 22 heavy (non-hydrogen) atoms. The van der Waals surface area contributed by atoms with Gasteiger partial charge in [-0.15, -0.1) is 0 Å². The van der Waals surface area contributed by atoms with E-state index in [0.717, 1.165) is 3.97 Å². The fourth-order valence-corrected chi connectivity index (χ4v) is 4.06. The van der Waals surface area contributed by atoms with Crippen molar-refractivity contribution >= 4 is 104 Å². The molecule has 12 heteroatoms. The summed E-state index contributed by atoms with van der Waals surface area (Å²) in [5, 5.41) is 0.214. The Labute approximate surface area is 162 Å². The Morgan fingerprint density at radius 2 is 1.32 bits per heavy atom. The van der Waals surface area contributed by atoms with Crippen LogP contribution >= 0.6 is 93.5 Å². The van der Waals surface area contributed by atoms with E-state index in [0.29, 0.717) is 27.9 Å². The van der Waals surface area contributed by atoms with E-state index in [-0.39, 0.29) is 10.9 Å². The molecule has 0 atom stereocenters. The largest absolute Gasteiger partial charge is 0.352 e. The molecule has 1 aromatic heterocycles. The minimum absolute atomic E-state index is 0.214. The molecule has 0 radical (unpaired) electrons. The zero-order valence-electron chi connectivity index (χ0n) is 10.1. The quantitative estimate of drug-likeness (QED) is 0.603. The van der Waals surface area contributed by atoms with Crippen LogP contribution in [0.15, 0.2) is 33.9 Å². The molecule has 0 aliphatic rings. The van der Waals surface area contributed by atoms with Crippen molar-refractivity contribution < 1.29 is 0 Å². The van der Waals surface area contributed by atoms with Gasteiger partial charge < -0.3 is 0 Å². The van der Waals surface area contributed by atoms with Crippen LogP contribution in [-0.2, 0) is 0 Å². The number of para-hydroxylation sites is 1. The minimum Gasteiger partial charge on any atom is -0.267 e. The van der Waals surface area contributed by atoms with Crippen LogP contribution in [0.4, 0.5) is 0 Å². The Hall–Kier alpha value is 0.600. The first-order valence-electron chi connectivity index (χ1n) is 5.29. The number of halogens is 6. The number of fused-ring (bicyclic) bond motifs is 1. The molecule has 1 aromatic carbocycles. The summed E-state index contributed by atoms with van der Waals surface area (Å²) < 4.78 is -1.96. The number of hydrogen-bond donors (Lipinski definition) is 0. The van der Waals surface area contributed by atoms with E-state index < -0.39 is 17.5 Å². The Morgan fingerprint density at radius 1 is 0.818 bits per heavy atom. The van der Waals surface area contributed by atoms with Crippen LogP contribution in [0.25, 0.3) is 10.9 Å². The van der Waals surface area contributed by atoms with Gasteiger partial charge in [0.15, 0.2) is 0 Å². The van der Waals surface area contributed by atoms with Crippen LogP contribution < -0.4 is 11.2 Å². The lowest BCUT2D eigenvalue weighted by Gasteiger charge is -2.17. The number of rotatable bonds is 2. The van der Waals surface area contributed by atoms with Crippen molar-refractivity contribution in [3.8, 4) is 0 Å². The van der Waals surface area contributed by atoms with Gasteiger partial charge in [-0.1, -0.05) is 81.7 Å². The fraction of sp³-hybridized carbons (Fsp3) is 0.200. The summed E-state index contributed by atoms with van der Waals surface area (Å²) in [4.78, 5) is 24.9. The van der Waals surface area contributed by atoms with Crippen molar-refractivity contribution in [2.45, 2.75) is 6.25 Å². The molecule has 0 bridgehead atoms. The highest BCUT2D eigenvalue weighted by molar-refractivity contribution is 8.04. The summed E-state index contributed by atoms with van der Waals surface area (Å²) in [6, 6.07) is 6.33. The monoisotopic (exact) mass is 458 g/mol. The van der Waals surface area contributed by atoms with Crippen LogP contribution in [0.2, 0.25) is 0 Å². The summed E-state index contributed by atoms with van der Waals surface area (Å²) in [5.74, 6) is 0. The van der Waals surface area contributed by atoms with E-state index in [4.69, 9.17) is 69.6 Å². The topological polar surface area (TPSA) is 44.0 Å². The van der Waals surface area contributed by atoms with Gasteiger partial charge in [0.1, 0.15) is 0 Å². The highest BCUT2D eigenvalue weighted by Crippen LogP contribution is 2.41. The molecule has 0 unspecified atom stereocenters. The third-order valence-corrected chi connectivity index (χ3v) is 4.97. The average Bonchev–Trinajstić information content (AvgIpc) is 2.37. The van der Waals surface area contributed by atoms with E-state index in [1.807, 2.05) is 0 Å². The maximum atomic E-state index is 12.5. The van der Waals surface area contributed by atoms with E-state index in [1.165, 1.54) is 6.07 Å². The van der Waals surface area contributed by atoms with Crippen molar-refractivity contribution in [2.24, 2.45) is 0 Å². The highest BCUT2D eigenvalue weighted by atomic mass is 35.6. The zero-order chi connectivity index (χ0) is 16.7. The first-order valence-corrected chi connectivity index (χ1v) is 9.10. The minimum atomic E-state index is -1.91. The molecule has 120 valence electrons. The van der Waals surface area contributed by atoms with Crippen molar-refractivity contribution in [1.29, 1.82) is 0 Å². The van der Waals surface area contributed by atoms with E-state index in [9.17, 15) is 9.59 Å². The highest BCUT2D eigenvalue weighted by Gasteiger charge is 2.29. The summed E-state index contributed by atoms with van der Waals surface area (Å²) in [6.07, 6.45) is 0. The summed E-state index contributed by atoms with van der Waals surface area (Å²) in [7, 11) is 0. The summed E-state index contributed by atoms with van der Waals surface area (Å²) in [6.45, 7) is 0. The lowest BCUT2D eigenvalue weighted by Crippen LogP contribution is -2.37.